The molecule has 3 heteroatoms. The molecular weight excluding hydrogens is 254 g/mol. The molecule has 0 radical (unpaired) electrons. The van der Waals surface area contributed by atoms with Crippen molar-refractivity contribution in [3.8, 4) is 0 Å². The van der Waals surface area contributed by atoms with Gasteiger partial charge in [-0.2, -0.15) is 0 Å². The maximum Gasteiger partial charge on any atom is 0.225 e. The van der Waals surface area contributed by atoms with Gasteiger partial charge in [-0.1, -0.05) is 42.8 Å². The molecule has 1 unspecified atom stereocenters. The molecule has 0 aliphatic rings. The Labute approximate surface area is 118 Å². The lowest BCUT2D eigenvalue weighted by Crippen LogP contribution is -2.29. The summed E-state index contributed by atoms with van der Waals surface area (Å²) in [6, 6.07) is 12.4. The van der Waals surface area contributed by atoms with Crippen molar-refractivity contribution in [3.63, 3.8) is 0 Å². The molecule has 1 aromatic heterocycles. The topological polar surface area (TPSA) is 29.1 Å². The van der Waals surface area contributed by atoms with Gasteiger partial charge in [-0.3, -0.25) is 4.79 Å². The normalized spacial score (nSPS) is 12.1. The van der Waals surface area contributed by atoms with Crippen LogP contribution in [-0.2, 0) is 11.2 Å². The van der Waals surface area contributed by atoms with Crippen LogP contribution in [0.15, 0.2) is 41.8 Å². The third-order valence-corrected chi connectivity index (χ3v) is 4.01. The highest BCUT2D eigenvalue weighted by Crippen LogP contribution is 2.18. The first kappa shape index (κ1) is 13.8. The van der Waals surface area contributed by atoms with Gasteiger partial charge in [0.25, 0.3) is 0 Å². The number of hydrogen-bond acceptors (Lipinski definition) is 2. The minimum absolute atomic E-state index is 0.0925. The summed E-state index contributed by atoms with van der Waals surface area (Å²) in [6.07, 6.45) is 1.37. The summed E-state index contributed by atoms with van der Waals surface area (Å²) in [6.45, 7) is 4.16. The van der Waals surface area contributed by atoms with Gasteiger partial charge >= 0.3 is 0 Å². The van der Waals surface area contributed by atoms with E-state index in [1.807, 2.05) is 17.5 Å². The Balaban J connectivity index is 1.98. The van der Waals surface area contributed by atoms with Crippen molar-refractivity contribution < 1.29 is 4.79 Å². The second-order valence-electron chi connectivity index (χ2n) is 4.70. The summed E-state index contributed by atoms with van der Waals surface area (Å²) in [5.41, 5.74) is 2.41. The van der Waals surface area contributed by atoms with Crippen molar-refractivity contribution >= 4 is 17.2 Å². The summed E-state index contributed by atoms with van der Waals surface area (Å²) >= 11 is 1.62. The Morgan fingerprint density at radius 2 is 2.00 bits per heavy atom. The van der Waals surface area contributed by atoms with Crippen molar-refractivity contribution in [1.29, 1.82) is 0 Å². The predicted octanol–water partition coefficient (Wildman–Crippen LogP) is 3.87. The summed E-state index contributed by atoms with van der Waals surface area (Å²) < 4.78 is 0. The van der Waals surface area contributed by atoms with E-state index in [1.54, 1.807) is 11.3 Å². The molecule has 0 saturated heterocycles. The van der Waals surface area contributed by atoms with Gasteiger partial charge in [-0.25, -0.2) is 0 Å². The highest BCUT2D eigenvalue weighted by atomic mass is 32.1. The zero-order valence-corrected chi connectivity index (χ0v) is 12.2. The van der Waals surface area contributed by atoms with E-state index in [2.05, 4.69) is 43.4 Å². The van der Waals surface area contributed by atoms with Gasteiger partial charge in [0.15, 0.2) is 0 Å². The summed E-state index contributed by atoms with van der Waals surface area (Å²) in [7, 11) is 0. The van der Waals surface area contributed by atoms with E-state index in [0.29, 0.717) is 6.42 Å². The van der Waals surface area contributed by atoms with Crippen LogP contribution in [-0.4, -0.2) is 5.91 Å². The van der Waals surface area contributed by atoms with Gasteiger partial charge in [-0.05, 0) is 30.4 Å². The van der Waals surface area contributed by atoms with Gasteiger partial charge in [0, 0.05) is 4.88 Å². The van der Waals surface area contributed by atoms with Gasteiger partial charge in [-0.15, -0.1) is 11.3 Å². The van der Waals surface area contributed by atoms with Crippen LogP contribution >= 0.6 is 11.3 Å². The molecule has 2 rings (SSSR count). The molecule has 0 spiro atoms. The summed E-state index contributed by atoms with van der Waals surface area (Å²) in [5, 5.41) is 5.11. The Bertz CT molecular complexity index is 516. The first-order valence-electron chi connectivity index (χ1n) is 6.57. The molecule has 1 atom stereocenters. The maximum atomic E-state index is 12.0. The third-order valence-electron chi connectivity index (χ3n) is 3.14. The number of aryl methyl sites for hydroxylation is 1. The second kappa shape index (κ2) is 6.53. The highest BCUT2D eigenvalue weighted by Gasteiger charge is 2.13. The second-order valence-corrected chi connectivity index (χ2v) is 5.73. The molecule has 0 bridgehead atoms. The molecule has 1 N–H and O–H groups in total. The van der Waals surface area contributed by atoms with Crippen molar-refractivity contribution in [3.05, 3.63) is 57.8 Å². The number of hydrogen-bond donors (Lipinski definition) is 1. The first-order valence-corrected chi connectivity index (χ1v) is 7.45. The molecule has 1 amide bonds. The molecule has 0 fully saturated rings. The van der Waals surface area contributed by atoms with Gasteiger partial charge in [0.05, 0.1) is 12.5 Å². The van der Waals surface area contributed by atoms with Crippen LogP contribution in [0.2, 0.25) is 0 Å². The van der Waals surface area contributed by atoms with E-state index >= 15 is 0 Å². The minimum Gasteiger partial charge on any atom is -0.349 e. The van der Waals surface area contributed by atoms with Gasteiger partial charge in [0.1, 0.15) is 0 Å². The third kappa shape index (κ3) is 3.93. The van der Waals surface area contributed by atoms with E-state index in [1.165, 1.54) is 11.1 Å². The molecule has 2 aromatic rings. The molecule has 0 saturated carbocycles. The average Bonchev–Trinajstić information content (AvgIpc) is 2.90. The zero-order valence-electron chi connectivity index (χ0n) is 11.3. The molecule has 19 heavy (non-hydrogen) atoms. The fraction of sp³-hybridized carbons (Fsp3) is 0.312. The number of amides is 1. The van der Waals surface area contributed by atoms with Crippen molar-refractivity contribution in [2.75, 3.05) is 0 Å². The molecule has 0 aliphatic carbocycles. The van der Waals surface area contributed by atoms with Crippen LogP contribution in [0.4, 0.5) is 0 Å². The number of thiophene rings is 1. The van der Waals surface area contributed by atoms with Crippen LogP contribution in [0.1, 0.15) is 35.4 Å². The Hall–Kier alpha value is -1.61. The van der Waals surface area contributed by atoms with Crippen molar-refractivity contribution in [1.82, 2.24) is 5.32 Å². The monoisotopic (exact) mass is 273 g/mol. The standard InChI is InChI=1S/C16H19NOS/c1-3-15(13-8-6-12(2)7-9-13)17-16(18)11-14-5-4-10-19-14/h4-10,15H,3,11H2,1-2H3,(H,17,18). The van der Waals surface area contributed by atoms with Crippen LogP contribution in [0.25, 0.3) is 0 Å². The largest absolute Gasteiger partial charge is 0.349 e. The molecule has 1 heterocycles. The number of carbonyl (C=O) groups excluding carboxylic acids is 1. The van der Waals surface area contributed by atoms with Crippen molar-refractivity contribution in [2.24, 2.45) is 0 Å². The lowest BCUT2D eigenvalue weighted by molar-refractivity contribution is -0.121. The molecule has 1 aromatic carbocycles. The number of nitrogens with one attached hydrogen (secondary N) is 1. The fourth-order valence-corrected chi connectivity index (χ4v) is 2.74. The first-order chi connectivity index (χ1) is 9.19. The van der Waals surface area contributed by atoms with Gasteiger partial charge in [0.2, 0.25) is 5.91 Å². The van der Waals surface area contributed by atoms with Crippen molar-refractivity contribution in [2.45, 2.75) is 32.7 Å². The number of carbonyl (C=O) groups is 1. The quantitative estimate of drug-likeness (QED) is 0.880. The van der Waals surface area contributed by atoms with Crippen LogP contribution in [0.5, 0.6) is 0 Å². The van der Waals surface area contributed by atoms with Gasteiger partial charge < -0.3 is 5.32 Å². The molecular formula is C16H19NOS. The Kier molecular flexibility index (Phi) is 4.74. The van der Waals surface area contributed by atoms with Crippen LogP contribution < -0.4 is 5.32 Å². The highest BCUT2D eigenvalue weighted by molar-refractivity contribution is 7.10. The fourth-order valence-electron chi connectivity index (χ4n) is 2.04. The summed E-state index contributed by atoms with van der Waals surface area (Å²) in [5.74, 6) is 0.0925. The lowest BCUT2D eigenvalue weighted by Gasteiger charge is -2.17. The average molecular weight is 273 g/mol. The van der Waals surface area contributed by atoms with E-state index in [4.69, 9.17) is 0 Å². The number of benzene rings is 1. The summed E-state index contributed by atoms with van der Waals surface area (Å²) in [4.78, 5) is 13.1. The smallest absolute Gasteiger partial charge is 0.225 e. The SMILES string of the molecule is CCC(NC(=O)Cc1cccs1)c1ccc(C)cc1. The molecule has 2 nitrogen and oxygen atoms in total. The van der Waals surface area contributed by atoms with E-state index < -0.39 is 0 Å². The molecule has 100 valence electrons. The molecule has 0 aliphatic heterocycles. The Morgan fingerprint density at radius 3 is 2.58 bits per heavy atom. The minimum atomic E-state index is 0.0925. The van der Waals surface area contributed by atoms with E-state index in [-0.39, 0.29) is 11.9 Å². The van der Waals surface area contributed by atoms with E-state index in [0.717, 1.165) is 11.3 Å². The predicted molar refractivity (Wildman–Crippen MR) is 80.4 cm³/mol. The van der Waals surface area contributed by atoms with E-state index in [9.17, 15) is 4.79 Å². The van der Waals surface area contributed by atoms with Crippen LogP contribution in [0, 0.1) is 6.92 Å². The number of rotatable bonds is 5. The Morgan fingerprint density at radius 1 is 1.26 bits per heavy atom. The lowest BCUT2D eigenvalue weighted by atomic mass is 10.0. The zero-order chi connectivity index (χ0) is 13.7. The maximum absolute atomic E-state index is 12.0. The van der Waals surface area contributed by atoms with Crippen LogP contribution in [0.3, 0.4) is 0 Å².